The Morgan fingerprint density at radius 1 is 1.11 bits per heavy atom. The molecule has 0 N–H and O–H groups in total. The molecule has 0 spiro atoms. The summed E-state index contributed by atoms with van der Waals surface area (Å²) in [6.07, 6.45) is 5.07. The van der Waals surface area contributed by atoms with Crippen LogP contribution in [-0.4, -0.2) is 49.3 Å². The SMILES string of the molecule is CCCCN(C)S(=O)(=O)c1ccc(C(=O)N(Cc2cccnc2)c2nc3ccc(OC)cc3s2)cc1. The maximum atomic E-state index is 13.7. The molecule has 10 heteroatoms. The summed E-state index contributed by atoms with van der Waals surface area (Å²) in [5, 5.41) is 0.531. The molecular weight excluding hydrogens is 496 g/mol. The molecule has 0 fully saturated rings. The number of methoxy groups -OCH3 is 1. The van der Waals surface area contributed by atoms with Gasteiger partial charge in [0, 0.05) is 31.5 Å². The van der Waals surface area contributed by atoms with Crippen molar-refractivity contribution < 1.29 is 17.9 Å². The number of hydrogen-bond acceptors (Lipinski definition) is 7. The highest BCUT2D eigenvalue weighted by Gasteiger charge is 2.24. The van der Waals surface area contributed by atoms with Crippen LogP contribution in [0.25, 0.3) is 10.2 Å². The second-order valence-corrected chi connectivity index (χ2v) is 11.3. The molecule has 0 saturated carbocycles. The third-order valence-electron chi connectivity index (χ3n) is 5.76. The molecule has 0 bridgehead atoms. The Bertz CT molecular complexity index is 1440. The lowest BCUT2D eigenvalue weighted by Gasteiger charge is -2.20. The summed E-state index contributed by atoms with van der Waals surface area (Å²) < 4.78 is 33.3. The van der Waals surface area contributed by atoms with Gasteiger partial charge in [-0.25, -0.2) is 17.7 Å². The number of thiazole rings is 1. The average Bonchev–Trinajstić information content (AvgIpc) is 3.33. The summed E-state index contributed by atoms with van der Waals surface area (Å²) in [5.41, 5.74) is 1.97. The maximum absolute atomic E-state index is 13.7. The van der Waals surface area contributed by atoms with E-state index in [1.54, 1.807) is 43.6 Å². The second kappa shape index (κ2) is 11.2. The average molecular weight is 525 g/mol. The van der Waals surface area contributed by atoms with Crippen LogP contribution in [-0.2, 0) is 16.6 Å². The summed E-state index contributed by atoms with van der Waals surface area (Å²) in [7, 11) is -0.445. The number of carbonyl (C=O) groups is 1. The van der Waals surface area contributed by atoms with Crippen molar-refractivity contribution >= 4 is 42.6 Å². The molecule has 0 unspecified atom stereocenters. The number of unbranched alkanes of at least 4 members (excludes halogenated alkanes) is 1. The van der Waals surface area contributed by atoms with E-state index in [-0.39, 0.29) is 17.3 Å². The molecule has 1 amide bonds. The normalized spacial score (nSPS) is 11.7. The van der Waals surface area contributed by atoms with Gasteiger partial charge >= 0.3 is 0 Å². The number of amides is 1. The quantitative estimate of drug-likeness (QED) is 0.291. The van der Waals surface area contributed by atoms with Crippen LogP contribution in [0.1, 0.15) is 35.7 Å². The predicted octanol–water partition coefficient (Wildman–Crippen LogP) is 4.97. The van der Waals surface area contributed by atoms with E-state index < -0.39 is 10.0 Å². The van der Waals surface area contributed by atoms with E-state index in [0.717, 1.165) is 28.6 Å². The van der Waals surface area contributed by atoms with E-state index >= 15 is 0 Å². The molecule has 0 aliphatic heterocycles. The molecule has 0 atom stereocenters. The zero-order chi connectivity index (χ0) is 25.7. The topological polar surface area (TPSA) is 92.7 Å². The number of anilines is 1. The van der Waals surface area contributed by atoms with Crippen molar-refractivity contribution in [2.45, 2.75) is 31.2 Å². The van der Waals surface area contributed by atoms with Crippen LogP contribution in [0.4, 0.5) is 5.13 Å². The fraction of sp³-hybridized carbons (Fsp3) is 0.269. The van der Waals surface area contributed by atoms with Crippen LogP contribution >= 0.6 is 11.3 Å². The van der Waals surface area contributed by atoms with E-state index in [0.29, 0.717) is 23.0 Å². The molecule has 0 radical (unpaired) electrons. The van der Waals surface area contributed by atoms with E-state index in [2.05, 4.69) is 9.97 Å². The van der Waals surface area contributed by atoms with Gasteiger partial charge in [-0.1, -0.05) is 30.7 Å². The molecule has 4 rings (SSSR count). The predicted molar refractivity (Wildman–Crippen MR) is 142 cm³/mol. The standard InChI is InChI=1S/C26H28N4O4S2/c1-4-5-15-29(2)36(32,33)22-11-8-20(9-12-22)25(31)30(18-19-7-6-14-27-17-19)26-28-23-13-10-21(34-3)16-24(23)35-26/h6-14,16-17H,4-5,15,18H2,1-3H3. The summed E-state index contributed by atoms with van der Waals surface area (Å²) in [6, 6.07) is 15.3. The van der Waals surface area contributed by atoms with Crippen LogP contribution in [0.2, 0.25) is 0 Å². The number of benzene rings is 2. The molecule has 188 valence electrons. The highest BCUT2D eigenvalue weighted by atomic mass is 32.2. The lowest BCUT2D eigenvalue weighted by molar-refractivity contribution is 0.0985. The van der Waals surface area contributed by atoms with Crippen LogP contribution in [0.5, 0.6) is 5.75 Å². The van der Waals surface area contributed by atoms with Gasteiger partial charge in [0.25, 0.3) is 5.91 Å². The van der Waals surface area contributed by atoms with Gasteiger partial charge in [0.2, 0.25) is 10.0 Å². The Kier molecular flexibility index (Phi) is 7.97. The Hall–Kier alpha value is -3.34. The van der Waals surface area contributed by atoms with Crippen molar-refractivity contribution in [3.63, 3.8) is 0 Å². The summed E-state index contributed by atoms with van der Waals surface area (Å²) in [4.78, 5) is 24.3. The van der Waals surface area contributed by atoms with Gasteiger partial charge in [-0.05, 0) is 60.5 Å². The van der Waals surface area contributed by atoms with Crippen molar-refractivity contribution in [2.75, 3.05) is 25.6 Å². The van der Waals surface area contributed by atoms with E-state index in [1.807, 2.05) is 37.3 Å². The minimum atomic E-state index is -3.62. The van der Waals surface area contributed by atoms with Crippen LogP contribution in [0.15, 0.2) is 71.9 Å². The van der Waals surface area contributed by atoms with Gasteiger partial charge in [-0.3, -0.25) is 14.7 Å². The molecular formula is C26H28N4O4S2. The van der Waals surface area contributed by atoms with Crippen LogP contribution < -0.4 is 9.64 Å². The minimum Gasteiger partial charge on any atom is -0.497 e. The molecule has 2 aromatic heterocycles. The molecule has 4 aromatic rings. The number of carbonyl (C=O) groups excluding carboxylic acids is 1. The Morgan fingerprint density at radius 3 is 2.56 bits per heavy atom. The Balaban J connectivity index is 1.66. The number of nitrogens with zero attached hydrogens (tertiary/aromatic N) is 4. The largest absolute Gasteiger partial charge is 0.497 e. The van der Waals surface area contributed by atoms with Gasteiger partial charge in [0.05, 0.1) is 28.8 Å². The highest BCUT2D eigenvalue weighted by molar-refractivity contribution is 7.89. The van der Waals surface area contributed by atoms with Crippen LogP contribution in [0.3, 0.4) is 0 Å². The number of ether oxygens (including phenoxy) is 1. The van der Waals surface area contributed by atoms with Crippen molar-refractivity contribution in [3.8, 4) is 5.75 Å². The van der Waals surface area contributed by atoms with E-state index in [1.165, 1.54) is 27.8 Å². The third kappa shape index (κ3) is 5.56. The first-order chi connectivity index (χ1) is 17.3. The van der Waals surface area contributed by atoms with Crippen molar-refractivity contribution in [1.29, 1.82) is 0 Å². The molecule has 2 aromatic carbocycles. The number of fused-ring (bicyclic) bond motifs is 1. The third-order valence-corrected chi connectivity index (χ3v) is 8.67. The molecule has 2 heterocycles. The molecule has 36 heavy (non-hydrogen) atoms. The fourth-order valence-corrected chi connectivity index (χ4v) is 5.84. The monoisotopic (exact) mass is 524 g/mol. The number of aromatic nitrogens is 2. The second-order valence-electron chi connectivity index (χ2n) is 8.29. The summed E-state index contributed by atoms with van der Waals surface area (Å²) in [5.74, 6) is 0.427. The fourth-order valence-electron chi connectivity index (χ4n) is 3.64. The van der Waals surface area contributed by atoms with E-state index in [9.17, 15) is 13.2 Å². The van der Waals surface area contributed by atoms with Crippen LogP contribution in [0, 0.1) is 0 Å². The molecule has 0 aliphatic rings. The number of pyridine rings is 1. The minimum absolute atomic E-state index is 0.156. The maximum Gasteiger partial charge on any atom is 0.260 e. The zero-order valence-electron chi connectivity index (χ0n) is 20.4. The first-order valence-corrected chi connectivity index (χ1v) is 13.8. The molecule has 0 aliphatic carbocycles. The van der Waals surface area contributed by atoms with Gasteiger partial charge in [-0.15, -0.1) is 0 Å². The van der Waals surface area contributed by atoms with Gasteiger partial charge < -0.3 is 4.74 Å². The zero-order valence-corrected chi connectivity index (χ0v) is 22.1. The van der Waals surface area contributed by atoms with Gasteiger partial charge in [-0.2, -0.15) is 0 Å². The molecule has 0 saturated heterocycles. The lowest BCUT2D eigenvalue weighted by atomic mass is 10.2. The Labute approximate surface area is 215 Å². The Morgan fingerprint density at radius 2 is 1.89 bits per heavy atom. The van der Waals surface area contributed by atoms with Gasteiger partial charge in [0.15, 0.2) is 5.13 Å². The smallest absolute Gasteiger partial charge is 0.260 e. The van der Waals surface area contributed by atoms with Crippen molar-refractivity contribution in [3.05, 3.63) is 78.1 Å². The first kappa shape index (κ1) is 25.7. The highest BCUT2D eigenvalue weighted by Crippen LogP contribution is 2.33. The molecule has 8 nitrogen and oxygen atoms in total. The number of sulfonamides is 1. The van der Waals surface area contributed by atoms with Crippen molar-refractivity contribution in [2.24, 2.45) is 0 Å². The number of hydrogen-bond donors (Lipinski definition) is 0. The lowest BCUT2D eigenvalue weighted by Crippen LogP contribution is -2.30. The van der Waals surface area contributed by atoms with E-state index in [4.69, 9.17) is 4.74 Å². The summed E-state index contributed by atoms with van der Waals surface area (Å²) >= 11 is 1.39. The van der Waals surface area contributed by atoms with Gasteiger partial charge in [0.1, 0.15) is 5.75 Å². The first-order valence-electron chi connectivity index (χ1n) is 11.5. The summed E-state index contributed by atoms with van der Waals surface area (Å²) in [6.45, 7) is 2.73. The number of rotatable bonds is 10. The van der Waals surface area contributed by atoms with Crippen molar-refractivity contribution in [1.82, 2.24) is 14.3 Å².